The molecule has 0 saturated carbocycles. The number of methoxy groups -OCH3 is 1. The number of aliphatic hydroxyl groups excluding tert-OH is 2. The fourth-order valence-corrected chi connectivity index (χ4v) is 2.14. The highest BCUT2D eigenvalue weighted by Gasteiger charge is 2.45. The molecule has 0 aromatic carbocycles. The van der Waals surface area contributed by atoms with Gasteiger partial charge in [0.25, 0.3) is 10.1 Å². The topological polar surface area (TPSA) is 102 Å². The van der Waals surface area contributed by atoms with E-state index in [9.17, 15) is 18.6 Å². The molecule has 1 rings (SSSR count). The van der Waals surface area contributed by atoms with E-state index in [4.69, 9.17) is 9.47 Å². The first kappa shape index (κ1) is 13.8. The summed E-state index contributed by atoms with van der Waals surface area (Å²) in [4.78, 5) is 0. The Hall–Kier alpha value is -0.250. The van der Waals surface area contributed by atoms with Crippen molar-refractivity contribution in [2.75, 3.05) is 13.4 Å². The second-order valence-electron chi connectivity index (χ2n) is 3.69. The summed E-state index contributed by atoms with van der Waals surface area (Å²) < 4.78 is 36.5. The molecule has 96 valence electrons. The highest BCUT2D eigenvalue weighted by Crippen LogP contribution is 2.24. The van der Waals surface area contributed by atoms with Crippen molar-refractivity contribution < 1.29 is 32.3 Å². The van der Waals surface area contributed by atoms with Gasteiger partial charge >= 0.3 is 0 Å². The maximum atomic E-state index is 11.0. The summed E-state index contributed by atoms with van der Waals surface area (Å²) >= 11 is 0. The molecule has 0 radical (unpaired) electrons. The standard InChI is InChI=1S/C8H16O7S/c1-4-5(9)7(15-16(3,11)12)6(10)8(13-2)14-4/h4-10H,1-3H3/t4-,5-,6+,7+,8+/m0/s1. The lowest BCUT2D eigenvalue weighted by Crippen LogP contribution is -2.58. The fraction of sp³-hybridized carbons (Fsp3) is 1.00. The van der Waals surface area contributed by atoms with Crippen LogP contribution >= 0.6 is 0 Å². The van der Waals surface area contributed by atoms with Crippen molar-refractivity contribution in [3.8, 4) is 0 Å². The maximum absolute atomic E-state index is 11.0. The molecular formula is C8H16O7S. The quantitative estimate of drug-likeness (QED) is 0.589. The lowest BCUT2D eigenvalue weighted by Gasteiger charge is -2.39. The third kappa shape index (κ3) is 3.12. The molecule has 1 heterocycles. The van der Waals surface area contributed by atoms with Crippen LogP contribution < -0.4 is 0 Å². The highest BCUT2D eigenvalue weighted by atomic mass is 32.2. The molecule has 1 fully saturated rings. The van der Waals surface area contributed by atoms with Crippen LogP contribution in [0, 0.1) is 0 Å². The maximum Gasteiger partial charge on any atom is 0.264 e. The first-order valence-corrected chi connectivity index (χ1v) is 6.50. The summed E-state index contributed by atoms with van der Waals surface area (Å²) in [6.45, 7) is 1.53. The van der Waals surface area contributed by atoms with Crippen molar-refractivity contribution in [2.45, 2.75) is 37.6 Å². The largest absolute Gasteiger partial charge is 0.388 e. The van der Waals surface area contributed by atoms with E-state index in [1.54, 1.807) is 0 Å². The van der Waals surface area contributed by atoms with Gasteiger partial charge in [0.05, 0.1) is 12.4 Å². The minimum Gasteiger partial charge on any atom is -0.388 e. The molecule has 5 atom stereocenters. The van der Waals surface area contributed by atoms with Gasteiger partial charge in [-0.25, -0.2) is 0 Å². The Labute approximate surface area is 94.1 Å². The first-order valence-electron chi connectivity index (χ1n) is 4.69. The monoisotopic (exact) mass is 256 g/mol. The molecule has 0 aliphatic carbocycles. The van der Waals surface area contributed by atoms with E-state index in [1.807, 2.05) is 0 Å². The van der Waals surface area contributed by atoms with E-state index >= 15 is 0 Å². The molecule has 0 unspecified atom stereocenters. The molecule has 7 nitrogen and oxygen atoms in total. The normalized spacial score (nSPS) is 40.9. The second-order valence-corrected chi connectivity index (χ2v) is 5.29. The summed E-state index contributed by atoms with van der Waals surface area (Å²) in [5, 5.41) is 19.3. The molecule has 0 aromatic rings. The smallest absolute Gasteiger partial charge is 0.264 e. The van der Waals surface area contributed by atoms with Gasteiger partial charge in [0.1, 0.15) is 18.3 Å². The zero-order chi connectivity index (χ0) is 12.5. The second kappa shape index (κ2) is 4.94. The van der Waals surface area contributed by atoms with Crippen molar-refractivity contribution >= 4 is 10.1 Å². The van der Waals surface area contributed by atoms with Crippen LogP contribution in [0.4, 0.5) is 0 Å². The van der Waals surface area contributed by atoms with E-state index in [0.717, 1.165) is 6.26 Å². The summed E-state index contributed by atoms with van der Waals surface area (Å²) in [7, 11) is -2.47. The molecule has 16 heavy (non-hydrogen) atoms. The fourth-order valence-electron chi connectivity index (χ4n) is 1.51. The van der Waals surface area contributed by atoms with Gasteiger partial charge in [-0.05, 0) is 6.92 Å². The molecule has 1 aliphatic rings. The molecule has 0 amide bonds. The van der Waals surface area contributed by atoms with E-state index < -0.39 is 40.8 Å². The van der Waals surface area contributed by atoms with Crippen LogP contribution in [0.15, 0.2) is 0 Å². The van der Waals surface area contributed by atoms with Gasteiger partial charge in [-0.2, -0.15) is 8.42 Å². The summed E-state index contributed by atoms with van der Waals surface area (Å²) in [5.41, 5.74) is 0. The summed E-state index contributed by atoms with van der Waals surface area (Å²) in [5.74, 6) is 0. The Morgan fingerprint density at radius 2 is 1.81 bits per heavy atom. The number of hydrogen-bond acceptors (Lipinski definition) is 7. The van der Waals surface area contributed by atoms with Gasteiger partial charge in [-0.15, -0.1) is 0 Å². The molecule has 8 heteroatoms. The van der Waals surface area contributed by atoms with Crippen LogP contribution in [0.5, 0.6) is 0 Å². The molecule has 1 saturated heterocycles. The minimum absolute atomic E-state index is 0.694. The Morgan fingerprint density at radius 1 is 1.25 bits per heavy atom. The molecule has 0 bridgehead atoms. The van der Waals surface area contributed by atoms with E-state index in [1.165, 1.54) is 14.0 Å². The van der Waals surface area contributed by atoms with Crippen LogP contribution in [-0.4, -0.2) is 62.7 Å². The predicted octanol–water partition coefficient (Wildman–Crippen LogP) is -1.56. The SMILES string of the molecule is CO[C@@H]1O[C@@H](C)[C@H](O)[C@@H](OS(C)(=O)=O)[C@H]1O. The molecule has 0 aromatic heterocycles. The molecule has 1 aliphatic heterocycles. The number of hydrogen-bond donors (Lipinski definition) is 2. The van der Waals surface area contributed by atoms with Crippen LogP contribution in [0.25, 0.3) is 0 Å². The Balaban J connectivity index is 2.85. The molecule has 2 N–H and O–H groups in total. The van der Waals surface area contributed by atoms with E-state index in [-0.39, 0.29) is 0 Å². The third-order valence-corrected chi connectivity index (χ3v) is 2.87. The third-order valence-electron chi connectivity index (χ3n) is 2.30. The molecule has 0 spiro atoms. The van der Waals surface area contributed by atoms with Crippen LogP contribution in [0.3, 0.4) is 0 Å². The summed E-state index contributed by atoms with van der Waals surface area (Å²) in [6, 6.07) is 0. The van der Waals surface area contributed by atoms with Crippen LogP contribution in [0.2, 0.25) is 0 Å². The van der Waals surface area contributed by atoms with Gasteiger partial charge in [0.15, 0.2) is 6.29 Å². The van der Waals surface area contributed by atoms with Crippen molar-refractivity contribution in [1.29, 1.82) is 0 Å². The van der Waals surface area contributed by atoms with Gasteiger partial charge in [0, 0.05) is 7.11 Å². The van der Waals surface area contributed by atoms with Crippen LogP contribution in [0.1, 0.15) is 6.92 Å². The lowest BCUT2D eigenvalue weighted by atomic mass is 10.0. The lowest BCUT2D eigenvalue weighted by molar-refractivity contribution is -0.280. The average molecular weight is 256 g/mol. The van der Waals surface area contributed by atoms with Gasteiger partial charge in [-0.1, -0.05) is 0 Å². The Bertz CT molecular complexity index is 327. The van der Waals surface area contributed by atoms with Crippen molar-refractivity contribution in [3.05, 3.63) is 0 Å². The van der Waals surface area contributed by atoms with Crippen molar-refractivity contribution in [2.24, 2.45) is 0 Å². The van der Waals surface area contributed by atoms with Gasteiger partial charge < -0.3 is 19.7 Å². The zero-order valence-corrected chi connectivity index (χ0v) is 10.0. The van der Waals surface area contributed by atoms with Gasteiger partial charge in [0.2, 0.25) is 0 Å². The Morgan fingerprint density at radius 3 is 2.25 bits per heavy atom. The first-order chi connectivity index (χ1) is 7.26. The average Bonchev–Trinajstić information content (AvgIpc) is 2.17. The number of ether oxygens (including phenoxy) is 2. The molecular weight excluding hydrogens is 240 g/mol. The highest BCUT2D eigenvalue weighted by molar-refractivity contribution is 7.86. The van der Waals surface area contributed by atoms with Crippen molar-refractivity contribution in [3.63, 3.8) is 0 Å². The van der Waals surface area contributed by atoms with Crippen molar-refractivity contribution in [1.82, 2.24) is 0 Å². The van der Waals surface area contributed by atoms with Gasteiger partial charge in [-0.3, -0.25) is 4.18 Å². The van der Waals surface area contributed by atoms with Crippen LogP contribution in [-0.2, 0) is 23.8 Å². The zero-order valence-electron chi connectivity index (χ0n) is 9.23. The number of aliphatic hydroxyl groups is 2. The van der Waals surface area contributed by atoms with E-state index in [0.29, 0.717) is 0 Å². The predicted molar refractivity (Wildman–Crippen MR) is 53.1 cm³/mol. The minimum atomic E-state index is -3.78. The summed E-state index contributed by atoms with van der Waals surface area (Å²) in [6.07, 6.45) is -4.77. The van der Waals surface area contributed by atoms with E-state index in [2.05, 4.69) is 4.18 Å². The number of rotatable bonds is 3. The Kier molecular flexibility index (Phi) is 4.27.